The first-order valence-corrected chi connectivity index (χ1v) is 5.15. The zero-order chi connectivity index (χ0) is 11.0. The average molecular weight is 212 g/mol. The van der Waals surface area contributed by atoms with Crippen molar-refractivity contribution in [1.82, 2.24) is 0 Å². The Balaban J connectivity index is 3.77. The van der Waals surface area contributed by atoms with Crippen molar-refractivity contribution in [1.29, 1.82) is 0 Å². The third-order valence-corrected chi connectivity index (χ3v) is 2.57. The van der Waals surface area contributed by atoms with Gasteiger partial charge in [-0.05, 0) is 17.7 Å². The Morgan fingerprint density at radius 2 is 2.07 bits per heavy atom. The highest BCUT2D eigenvalue weighted by Gasteiger charge is 2.03. The van der Waals surface area contributed by atoms with Crippen molar-refractivity contribution in [3.05, 3.63) is 35.3 Å². The van der Waals surface area contributed by atoms with Gasteiger partial charge in [0, 0.05) is 11.3 Å². The van der Waals surface area contributed by atoms with Crippen LogP contribution in [0, 0.1) is 0 Å². The Kier molecular flexibility index (Phi) is 6.93. The first-order valence-electron chi connectivity index (χ1n) is 4.33. The summed E-state index contributed by atoms with van der Waals surface area (Å²) in [5, 5.41) is 0. The minimum atomic E-state index is 0.562. The minimum Gasteiger partial charge on any atom is -0.496 e. The maximum absolute atomic E-state index is 10.1. The summed E-state index contributed by atoms with van der Waals surface area (Å²) in [5.74, 6) is 0.562. The SMILES string of the molecule is C=C(CCCC=O)SC(=C)C(=C)OC. The van der Waals surface area contributed by atoms with Crippen LogP contribution in [0.15, 0.2) is 35.3 Å². The monoisotopic (exact) mass is 212 g/mol. The first kappa shape index (κ1) is 13.0. The fourth-order valence-electron chi connectivity index (χ4n) is 0.779. The van der Waals surface area contributed by atoms with Gasteiger partial charge in [0.05, 0.1) is 7.11 Å². The van der Waals surface area contributed by atoms with Gasteiger partial charge < -0.3 is 9.53 Å². The van der Waals surface area contributed by atoms with E-state index < -0.39 is 0 Å². The van der Waals surface area contributed by atoms with Crippen molar-refractivity contribution in [2.75, 3.05) is 7.11 Å². The van der Waals surface area contributed by atoms with Crippen molar-refractivity contribution >= 4 is 18.0 Å². The van der Waals surface area contributed by atoms with Crippen LogP contribution in [0.5, 0.6) is 0 Å². The predicted octanol–water partition coefficient (Wildman–Crippen LogP) is 3.28. The third kappa shape index (κ3) is 5.65. The van der Waals surface area contributed by atoms with E-state index in [0.29, 0.717) is 12.2 Å². The number of hydrogen-bond acceptors (Lipinski definition) is 3. The Morgan fingerprint density at radius 1 is 1.43 bits per heavy atom. The van der Waals surface area contributed by atoms with Crippen LogP contribution in [0.4, 0.5) is 0 Å². The van der Waals surface area contributed by atoms with E-state index >= 15 is 0 Å². The van der Waals surface area contributed by atoms with Gasteiger partial charge in [-0.2, -0.15) is 0 Å². The molecule has 0 heterocycles. The number of aldehydes is 1. The summed E-state index contributed by atoms with van der Waals surface area (Å²) < 4.78 is 4.93. The standard InChI is InChI=1S/C11H16O2S/c1-9(7-5-6-8-12)14-11(3)10(2)13-4/h8H,1-3,5-7H2,4H3. The molecule has 0 aromatic rings. The van der Waals surface area contributed by atoms with E-state index in [2.05, 4.69) is 19.7 Å². The van der Waals surface area contributed by atoms with Crippen molar-refractivity contribution in [3.63, 3.8) is 0 Å². The van der Waals surface area contributed by atoms with Crippen molar-refractivity contribution in [2.24, 2.45) is 0 Å². The topological polar surface area (TPSA) is 26.3 Å². The molecule has 0 atom stereocenters. The van der Waals surface area contributed by atoms with Gasteiger partial charge in [-0.25, -0.2) is 0 Å². The summed E-state index contributed by atoms with van der Waals surface area (Å²) in [6.45, 7) is 11.4. The van der Waals surface area contributed by atoms with Crippen LogP contribution in [-0.4, -0.2) is 13.4 Å². The number of ether oxygens (including phenoxy) is 1. The first-order chi connectivity index (χ1) is 6.61. The minimum absolute atomic E-state index is 0.562. The highest BCUT2D eigenvalue weighted by Crippen LogP contribution is 2.30. The molecule has 0 aliphatic rings. The number of rotatable bonds is 8. The van der Waals surface area contributed by atoms with E-state index in [1.165, 1.54) is 11.8 Å². The van der Waals surface area contributed by atoms with Crippen LogP contribution in [0.1, 0.15) is 19.3 Å². The fourth-order valence-corrected chi connectivity index (χ4v) is 1.57. The highest BCUT2D eigenvalue weighted by molar-refractivity contribution is 8.06. The molecule has 0 unspecified atom stereocenters. The van der Waals surface area contributed by atoms with Crippen LogP contribution >= 0.6 is 11.8 Å². The lowest BCUT2D eigenvalue weighted by Crippen LogP contribution is -1.86. The normalized spacial score (nSPS) is 9.21. The zero-order valence-corrected chi connectivity index (χ0v) is 9.36. The second-order valence-corrected chi connectivity index (χ2v) is 4.02. The van der Waals surface area contributed by atoms with Gasteiger partial charge >= 0.3 is 0 Å². The second-order valence-electron chi connectivity index (χ2n) is 2.75. The molecule has 0 aromatic heterocycles. The number of carbonyl (C=O) groups excluding carboxylic acids is 1. The van der Waals surface area contributed by atoms with Gasteiger partial charge in [-0.3, -0.25) is 0 Å². The molecular weight excluding hydrogens is 196 g/mol. The van der Waals surface area contributed by atoms with E-state index in [-0.39, 0.29) is 0 Å². The highest BCUT2D eigenvalue weighted by atomic mass is 32.2. The van der Waals surface area contributed by atoms with Crippen LogP contribution in [0.2, 0.25) is 0 Å². The molecule has 2 nitrogen and oxygen atoms in total. The molecule has 14 heavy (non-hydrogen) atoms. The molecular formula is C11H16O2S. The molecule has 0 saturated carbocycles. The largest absolute Gasteiger partial charge is 0.496 e. The zero-order valence-electron chi connectivity index (χ0n) is 8.54. The molecule has 0 amide bonds. The summed E-state index contributed by atoms with van der Waals surface area (Å²) >= 11 is 1.45. The van der Waals surface area contributed by atoms with Crippen LogP contribution in [-0.2, 0) is 9.53 Å². The van der Waals surface area contributed by atoms with E-state index in [9.17, 15) is 4.79 Å². The third-order valence-electron chi connectivity index (χ3n) is 1.60. The van der Waals surface area contributed by atoms with Crippen molar-refractivity contribution in [2.45, 2.75) is 19.3 Å². The maximum Gasteiger partial charge on any atom is 0.124 e. The number of thioether (sulfide) groups is 1. The molecule has 0 fully saturated rings. The lowest BCUT2D eigenvalue weighted by molar-refractivity contribution is -0.107. The van der Waals surface area contributed by atoms with E-state index in [1.807, 2.05) is 0 Å². The maximum atomic E-state index is 10.1. The Morgan fingerprint density at radius 3 is 2.57 bits per heavy atom. The van der Waals surface area contributed by atoms with Crippen LogP contribution in [0.25, 0.3) is 0 Å². The molecule has 0 saturated heterocycles. The summed E-state index contributed by atoms with van der Waals surface area (Å²) in [6, 6.07) is 0. The fraction of sp³-hybridized carbons (Fsp3) is 0.364. The van der Waals surface area contributed by atoms with Crippen molar-refractivity contribution < 1.29 is 9.53 Å². The van der Waals surface area contributed by atoms with Gasteiger partial charge in [0.25, 0.3) is 0 Å². The summed E-state index contributed by atoms with van der Waals surface area (Å²) in [5.41, 5.74) is 0. The molecule has 0 radical (unpaired) electrons. The second kappa shape index (κ2) is 7.44. The van der Waals surface area contributed by atoms with E-state index in [4.69, 9.17) is 4.74 Å². The van der Waals surface area contributed by atoms with Crippen molar-refractivity contribution in [3.8, 4) is 0 Å². The van der Waals surface area contributed by atoms with E-state index in [0.717, 1.165) is 28.9 Å². The number of methoxy groups -OCH3 is 1. The molecule has 0 spiro atoms. The molecule has 78 valence electrons. The van der Waals surface area contributed by atoms with Gasteiger partial charge in [-0.15, -0.1) is 0 Å². The van der Waals surface area contributed by atoms with E-state index in [1.54, 1.807) is 7.11 Å². The average Bonchev–Trinajstić information content (AvgIpc) is 2.16. The lowest BCUT2D eigenvalue weighted by atomic mass is 10.2. The molecule has 0 N–H and O–H groups in total. The van der Waals surface area contributed by atoms with Gasteiger partial charge in [0.15, 0.2) is 0 Å². The van der Waals surface area contributed by atoms with Crippen LogP contribution in [0.3, 0.4) is 0 Å². The Labute approximate surface area is 89.7 Å². The molecule has 0 aliphatic heterocycles. The van der Waals surface area contributed by atoms with Gasteiger partial charge in [0.1, 0.15) is 12.0 Å². The molecule has 3 heteroatoms. The summed E-state index contributed by atoms with van der Waals surface area (Å²) in [7, 11) is 1.56. The predicted molar refractivity (Wildman–Crippen MR) is 61.9 cm³/mol. The number of allylic oxidation sites excluding steroid dienone is 1. The summed E-state index contributed by atoms with van der Waals surface area (Å²) in [4.78, 5) is 11.8. The Hall–Kier alpha value is -0.960. The van der Waals surface area contributed by atoms with Crippen LogP contribution < -0.4 is 0 Å². The lowest BCUT2D eigenvalue weighted by Gasteiger charge is -2.08. The summed E-state index contributed by atoms with van der Waals surface area (Å²) in [6.07, 6.45) is 3.15. The molecule has 0 aliphatic carbocycles. The molecule has 0 aromatic carbocycles. The number of unbranched alkanes of at least 4 members (excludes halogenated alkanes) is 1. The smallest absolute Gasteiger partial charge is 0.124 e. The van der Waals surface area contributed by atoms with Gasteiger partial charge in [-0.1, -0.05) is 31.5 Å². The molecule has 0 bridgehead atoms. The molecule has 0 rings (SSSR count). The number of carbonyl (C=O) groups is 1. The quantitative estimate of drug-likeness (QED) is 0.267. The van der Waals surface area contributed by atoms with Gasteiger partial charge in [0.2, 0.25) is 0 Å². The number of hydrogen-bond donors (Lipinski definition) is 0. The Bertz CT molecular complexity index is 244.